The third kappa shape index (κ3) is 2.86. The quantitative estimate of drug-likeness (QED) is 0.360. The van der Waals surface area contributed by atoms with E-state index in [1.165, 1.54) is 44.8 Å². The highest BCUT2D eigenvalue weighted by Gasteiger charge is 2.35. The number of hydrogen-bond donors (Lipinski definition) is 0. The van der Waals surface area contributed by atoms with Crippen molar-refractivity contribution >= 4 is 11.4 Å². The van der Waals surface area contributed by atoms with Crippen molar-refractivity contribution in [1.82, 2.24) is 0 Å². The lowest BCUT2D eigenvalue weighted by molar-refractivity contribution is 0.660. The van der Waals surface area contributed by atoms with Crippen LogP contribution in [0.3, 0.4) is 0 Å². The second-order valence-corrected chi connectivity index (χ2v) is 8.37. The molecule has 29 heavy (non-hydrogen) atoms. The van der Waals surface area contributed by atoms with E-state index in [1.54, 1.807) is 0 Å². The summed E-state index contributed by atoms with van der Waals surface area (Å²) >= 11 is 0. The van der Waals surface area contributed by atoms with Crippen LogP contribution in [0.25, 0.3) is 22.3 Å². The van der Waals surface area contributed by atoms with E-state index in [-0.39, 0.29) is 5.41 Å². The molecular formula is C28H25N. The van der Waals surface area contributed by atoms with Gasteiger partial charge in [0.25, 0.3) is 0 Å². The van der Waals surface area contributed by atoms with Gasteiger partial charge in [-0.3, -0.25) is 0 Å². The van der Waals surface area contributed by atoms with E-state index in [1.807, 2.05) is 6.07 Å². The maximum Gasteiger partial charge on any atom is 0.0408 e. The Morgan fingerprint density at radius 3 is 1.90 bits per heavy atom. The van der Waals surface area contributed by atoms with Crippen LogP contribution in [0.15, 0.2) is 97.1 Å². The Hall–Kier alpha value is -3.32. The summed E-state index contributed by atoms with van der Waals surface area (Å²) in [6.07, 6.45) is 0. The first kappa shape index (κ1) is 17.8. The van der Waals surface area contributed by atoms with Gasteiger partial charge in [0.2, 0.25) is 0 Å². The number of anilines is 2. The summed E-state index contributed by atoms with van der Waals surface area (Å²) in [6.45, 7) is 4.67. The zero-order chi connectivity index (χ0) is 20.0. The molecule has 0 aromatic heterocycles. The van der Waals surface area contributed by atoms with Crippen molar-refractivity contribution in [2.45, 2.75) is 19.3 Å². The monoisotopic (exact) mass is 375 g/mol. The first-order chi connectivity index (χ1) is 14.1. The first-order valence-electron chi connectivity index (χ1n) is 10.2. The summed E-state index contributed by atoms with van der Waals surface area (Å²) in [7, 11) is 2.11. The molecule has 5 rings (SSSR count). The van der Waals surface area contributed by atoms with Crippen molar-refractivity contribution in [3.8, 4) is 22.3 Å². The van der Waals surface area contributed by atoms with Crippen molar-refractivity contribution in [2.24, 2.45) is 0 Å². The van der Waals surface area contributed by atoms with E-state index in [2.05, 4.69) is 117 Å². The highest BCUT2D eigenvalue weighted by atomic mass is 15.1. The van der Waals surface area contributed by atoms with Gasteiger partial charge in [0.1, 0.15) is 0 Å². The van der Waals surface area contributed by atoms with Crippen molar-refractivity contribution in [3.63, 3.8) is 0 Å². The van der Waals surface area contributed by atoms with Crippen LogP contribution in [0.4, 0.5) is 11.4 Å². The maximum absolute atomic E-state index is 2.38. The third-order valence-electron chi connectivity index (χ3n) is 6.31. The molecule has 0 amide bonds. The molecule has 0 heterocycles. The van der Waals surface area contributed by atoms with Crippen molar-refractivity contribution in [2.75, 3.05) is 11.9 Å². The molecule has 1 nitrogen and oxygen atoms in total. The van der Waals surface area contributed by atoms with E-state index in [0.29, 0.717) is 0 Å². The average Bonchev–Trinajstić information content (AvgIpc) is 3.01. The molecule has 0 atom stereocenters. The lowest BCUT2D eigenvalue weighted by Gasteiger charge is -2.22. The van der Waals surface area contributed by atoms with Crippen LogP contribution < -0.4 is 4.90 Å². The second-order valence-electron chi connectivity index (χ2n) is 8.37. The molecular weight excluding hydrogens is 350 g/mol. The minimum absolute atomic E-state index is 0.0371. The van der Waals surface area contributed by atoms with E-state index in [9.17, 15) is 0 Å². The topological polar surface area (TPSA) is 3.24 Å². The Kier molecular flexibility index (Phi) is 4.06. The summed E-state index contributed by atoms with van der Waals surface area (Å²) in [5.41, 5.74) is 10.5. The van der Waals surface area contributed by atoms with Crippen LogP contribution >= 0.6 is 0 Å². The molecule has 1 aliphatic rings. The van der Waals surface area contributed by atoms with Gasteiger partial charge in [0.15, 0.2) is 0 Å². The summed E-state index contributed by atoms with van der Waals surface area (Å²) in [5, 5.41) is 0. The summed E-state index contributed by atoms with van der Waals surface area (Å²) in [4.78, 5) is 2.21. The number of nitrogens with zero attached hydrogens (tertiary/aromatic N) is 1. The molecule has 1 heteroatoms. The van der Waals surface area contributed by atoms with Crippen LogP contribution in [-0.4, -0.2) is 7.05 Å². The molecule has 0 aliphatic heterocycles. The molecule has 4 aromatic carbocycles. The molecule has 1 aliphatic carbocycles. The number of hydrogen-bond acceptors (Lipinski definition) is 1. The zero-order valence-electron chi connectivity index (χ0n) is 17.2. The summed E-state index contributed by atoms with van der Waals surface area (Å²) in [5.74, 6) is 0. The highest BCUT2D eigenvalue weighted by Crippen LogP contribution is 2.49. The van der Waals surface area contributed by atoms with Gasteiger partial charge in [-0.05, 0) is 63.7 Å². The van der Waals surface area contributed by atoms with Crippen molar-refractivity contribution in [3.05, 3.63) is 108 Å². The fourth-order valence-corrected chi connectivity index (χ4v) is 4.56. The fraction of sp³-hybridized carbons (Fsp3) is 0.143. The van der Waals surface area contributed by atoms with Crippen LogP contribution in [0.5, 0.6) is 0 Å². The Morgan fingerprint density at radius 1 is 0.552 bits per heavy atom. The minimum Gasteiger partial charge on any atom is -0.345 e. The molecule has 0 saturated heterocycles. The number of fused-ring (bicyclic) bond motifs is 3. The van der Waals surface area contributed by atoms with Gasteiger partial charge in [-0.1, -0.05) is 80.6 Å². The van der Waals surface area contributed by atoms with E-state index in [4.69, 9.17) is 0 Å². The first-order valence-corrected chi connectivity index (χ1v) is 10.2. The zero-order valence-corrected chi connectivity index (χ0v) is 17.2. The van der Waals surface area contributed by atoms with E-state index < -0.39 is 0 Å². The van der Waals surface area contributed by atoms with Gasteiger partial charge in [0, 0.05) is 23.8 Å². The van der Waals surface area contributed by atoms with Crippen LogP contribution in [0.1, 0.15) is 25.0 Å². The van der Waals surface area contributed by atoms with Crippen molar-refractivity contribution < 1.29 is 0 Å². The molecule has 142 valence electrons. The lowest BCUT2D eigenvalue weighted by atomic mass is 9.81. The van der Waals surface area contributed by atoms with E-state index in [0.717, 1.165) is 0 Å². The van der Waals surface area contributed by atoms with Crippen LogP contribution in [0.2, 0.25) is 0 Å². The summed E-state index contributed by atoms with van der Waals surface area (Å²) in [6, 6.07) is 35.1. The minimum atomic E-state index is 0.0371. The lowest BCUT2D eigenvalue weighted by Crippen LogP contribution is -2.14. The Balaban J connectivity index is 1.50. The van der Waals surface area contributed by atoms with Gasteiger partial charge in [-0.15, -0.1) is 0 Å². The fourth-order valence-electron chi connectivity index (χ4n) is 4.56. The van der Waals surface area contributed by atoms with E-state index >= 15 is 0 Å². The molecule has 4 aromatic rings. The molecule has 0 fully saturated rings. The Morgan fingerprint density at radius 2 is 1.14 bits per heavy atom. The molecule has 0 bridgehead atoms. The second kappa shape index (κ2) is 6.63. The smallest absolute Gasteiger partial charge is 0.0408 e. The number of benzene rings is 4. The number of rotatable bonds is 3. The predicted molar refractivity (Wildman–Crippen MR) is 124 cm³/mol. The summed E-state index contributed by atoms with van der Waals surface area (Å²) < 4.78 is 0. The molecule has 0 unspecified atom stereocenters. The van der Waals surface area contributed by atoms with Gasteiger partial charge in [-0.2, -0.15) is 0 Å². The van der Waals surface area contributed by atoms with Crippen molar-refractivity contribution in [1.29, 1.82) is 0 Å². The van der Waals surface area contributed by atoms with Gasteiger partial charge < -0.3 is 4.90 Å². The standard InChI is InChI=1S/C28H25N/c1-28(2)26-12-8-7-11-24(26)25-18-15-21(19-27(25)28)20-13-16-23(17-14-20)29(3)22-9-5-4-6-10-22/h4-19H,1-3H3. The molecule has 0 saturated carbocycles. The number of para-hydroxylation sites is 1. The van der Waals surface area contributed by atoms with Gasteiger partial charge >= 0.3 is 0 Å². The van der Waals surface area contributed by atoms with Gasteiger partial charge in [-0.25, -0.2) is 0 Å². The molecule has 0 spiro atoms. The predicted octanol–water partition coefficient (Wildman–Crippen LogP) is 7.43. The largest absolute Gasteiger partial charge is 0.345 e. The Bertz CT molecular complexity index is 1170. The van der Waals surface area contributed by atoms with Gasteiger partial charge in [0.05, 0.1) is 0 Å². The molecule has 0 N–H and O–H groups in total. The van der Waals surface area contributed by atoms with Crippen LogP contribution in [0, 0.1) is 0 Å². The third-order valence-corrected chi connectivity index (χ3v) is 6.31. The van der Waals surface area contributed by atoms with Crippen LogP contribution in [-0.2, 0) is 5.41 Å². The normalized spacial score (nSPS) is 13.6. The Labute approximate surface area is 173 Å². The molecule has 0 radical (unpaired) electrons. The highest BCUT2D eigenvalue weighted by molar-refractivity contribution is 5.83. The maximum atomic E-state index is 2.38. The average molecular weight is 376 g/mol. The SMILES string of the molecule is CN(c1ccccc1)c1ccc(-c2ccc3c(c2)C(C)(C)c2ccccc2-3)cc1.